The zero-order valence-corrected chi connectivity index (χ0v) is 16.3. The quantitative estimate of drug-likeness (QED) is 0.645. The summed E-state index contributed by atoms with van der Waals surface area (Å²) in [6, 6.07) is 5.47. The van der Waals surface area contributed by atoms with E-state index in [0.29, 0.717) is 25.1 Å². The van der Waals surface area contributed by atoms with Crippen LogP contribution >= 0.6 is 0 Å². The summed E-state index contributed by atoms with van der Waals surface area (Å²) in [4.78, 5) is 8.09. The second kappa shape index (κ2) is 7.06. The molecular weight excluding hydrogens is 407 g/mol. The van der Waals surface area contributed by atoms with Gasteiger partial charge in [0.15, 0.2) is 5.65 Å². The molecule has 7 nitrogen and oxygen atoms in total. The second-order valence-electron chi connectivity index (χ2n) is 7.01. The molecule has 1 aliphatic heterocycles. The highest BCUT2D eigenvalue weighted by molar-refractivity contribution is 7.89. The lowest BCUT2D eigenvalue weighted by Crippen LogP contribution is -2.39. The number of pyridine rings is 1. The van der Waals surface area contributed by atoms with Gasteiger partial charge in [0.1, 0.15) is 10.6 Å². The van der Waals surface area contributed by atoms with Crippen LogP contribution in [0.25, 0.3) is 5.65 Å². The molecule has 0 aromatic carbocycles. The fraction of sp³-hybridized carbons (Fsp3) is 0.389. The summed E-state index contributed by atoms with van der Waals surface area (Å²) >= 11 is 0. The maximum Gasteiger partial charge on any atom is 0.433 e. The first kappa shape index (κ1) is 19.8. The van der Waals surface area contributed by atoms with E-state index < -0.39 is 21.9 Å². The van der Waals surface area contributed by atoms with Crippen molar-refractivity contribution in [1.29, 1.82) is 0 Å². The van der Waals surface area contributed by atoms with Crippen molar-refractivity contribution in [2.75, 3.05) is 13.1 Å². The zero-order chi connectivity index (χ0) is 20.8. The van der Waals surface area contributed by atoms with E-state index in [4.69, 9.17) is 0 Å². The van der Waals surface area contributed by atoms with Crippen molar-refractivity contribution in [2.24, 2.45) is 0 Å². The molecule has 0 N–H and O–H groups in total. The lowest BCUT2D eigenvalue weighted by molar-refractivity contribution is -0.142. The maximum atomic E-state index is 13.4. The number of hydrogen-bond donors (Lipinski definition) is 0. The normalized spacial score (nSPS) is 19.0. The van der Waals surface area contributed by atoms with Gasteiger partial charge in [-0.2, -0.15) is 22.6 Å². The number of aromatic nitrogens is 4. The molecule has 4 heterocycles. The highest BCUT2D eigenvalue weighted by atomic mass is 32.2. The summed E-state index contributed by atoms with van der Waals surface area (Å²) in [7, 11) is -3.73. The molecule has 3 aromatic heterocycles. The van der Waals surface area contributed by atoms with E-state index in [1.54, 1.807) is 6.07 Å². The monoisotopic (exact) mass is 425 g/mol. The molecule has 0 radical (unpaired) electrons. The largest absolute Gasteiger partial charge is 0.433 e. The highest BCUT2D eigenvalue weighted by Crippen LogP contribution is 2.33. The van der Waals surface area contributed by atoms with E-state index in [9.17, 15) is 21.6 Å². The molecule has 0 amide bonds. The first-order chi connectivity index (χ1) is 13.7. The van der Waals surface area contributed by atoms with Gasteiger partial charge in [0.2, 0.25) is 10.0 Å². The fourth-order valence-corrected chi connectivity index (χ4v) is 5.06. The van der Waals surface area contributed by atoms with Gasteiger partial charge in [-0.3, -0.25) is 4.98 Å². The molecule has 1 atom stereocenters. The van der Waals surface area contributed by atoms with Gasteiger partial charge in [-0.05, 0) is 38.0 Å². The molecule has 0 unspecified atom stereocenters. The number of aryl methyl sites for hydroxylation is 1. The van der Waals surface area contributed by atoms with Crippen molar-refractivity contribution in [3.63, 3.8) is 0 Å². The lowest BCUT2D eigenvalue weighted by Gasteiger charge is -2.31. The summed E-state index contributed by atoms with van der Waals surface area (Å²) in [5.41, 5.74) is -0.165. The van der Waals surface area contributed by atoms with Gasteiger partial charge < -0.3 is 0 Å². The first-order valence-corrected chi connectivity index (χ1v) is 10.4. The van der Waals surface area contributed by atoms with Crippen LogP contribution in [-0.2, 0) is 16.2 Å². The number of halogens is 3. The van der Waals surface area contributed by atoms with Crippen molar-refractivity contribution >= 4 is 15.7 Å². The highest BCUT2D eigenvalue weighted by Gasteiger charge is 2.36. The van der Waals surface area contributed by atoms with Crippen LogP contribution in [0.15, 0.2) is 41.6 Å². The van der Waals surface area contributed by atoms with Crippen LogP contribution in [0.1, 0.15) is 35.8 Å². The molecule has 29 heavy (non-hydrogen) atoms. The average Bonchev–Trinajstić information content (AvgIpc) is 3.11. The third-order valence-electron chi connectivity index (χ3n) is 4.94. The Bertz CT molecular complexity index is 1150. The Morgan fingerprint density at radius 1 is 1.24 bits per heavy atom. The Hall–Kier alpha value is -2.53. The number of fused-ring (bicyclic) bond motifs is 1. The lowest BCUT2D eigenvalue weighted by atomic mass is 9.96. The average molecular weight is 425 g/mol. The van der Waals surface area contributed by atoms with E-state index in [2.05, 4.69) is 15.1 Å². The molecule has 3 aromatic rings. The molecule has 1 fully saturated rings. The van der Waals surface area contributed by atoms with Crippen LogP contribution in [0.2, 0.25) is 0 Å². The number of rotatable bonds is 3. The molecule has 1 saturated heterocycles. The van der Waals surface area contributed by atoms with Crippen LogP contribution in [0.5, 0.6) is 0 Å². The molecule has 0 aliphatic carbocycles. The van der Waals surface area contributed by atoms with Gasteiger partial charge in [-0.1, -0.05) is 0 Å². The van der Waals surface area contributed by atoms with Crippen LogP contribution in [0, 0.1) is 6.92 Å². The Kier molecular flexibility index (Phi) is 4.82. The van der Waals surface area contributed by atoms with Gasteiger partial charge in [-0.25, -0.2) is 17.9 Å². The molecule has 4 rings (SSSR count). The van der Waals surface area contributed by atoms with Crippen molar-refractivity contribution in [3.8, 4) is 0 Å². The predicted molar refractivity (Wildman–Crippen MR) is 97.7 cm³/mol. The van der Waals surface area contributed by atoms with Gasteiger partial charge in [0, 0.05) is 43.2 Å². The number of sulfonamides is 1. The summed E-state index contributed by atoms with van der Waals surface area (Å²) in [6.45, 7) is 1.97. The number of hydrogen-bond acceptors (Lipinski definition) is 5. The second-order valence-corrected chi connectivity index (χ2v) is 8.95. The zero-order valence-electron chi connectivity index (χ0n) is 15.5. The van der Waals surface area contributed by atoms with Crippen molar-refractivity contribution in [1.82, 2.24) is 23.9 Å². The van der Waals surface area contributed by atoms with Crippen LogP contribution in [0.3, 0.4) is 0 Å². The third-order valence-corrected chi connectivity index (χ3v) is 6.79. The summed E-state index contributed by atoms with van der Waals surface area (Å²) < 4.78 is 68.0. The SMILES string of the molecule is Cc1cc(C(F)(F)F)n2nc([C@H]3CCCN(S(=O)(=O)c4cccnc4)C3)cc2n1. The van der Waals surface area contributed by atoms with Crippen molar-refractivity contribution < 1.29 is 21.6 Å². The third kappa shape index (κ3) is 3.71. The Morgan fingerprint density at radius 2 is 2.03 bits per heavy atom. The number of alkyl halides is 3. The summed E-state index contributed by atoms with van der Waals surface area (Å²) in [6.07, 6.45) is -0.592. The number of nitrogens with zero attached hydrogens (tertiary/aromatic N) is 5. The Labute approximate surface area is 165 Å². The minimum absolute atomic E-state index is 0.0901. The molecular formula is C18H18F3N5O2S. The van der Waals surface area contributed by atoms with Gasteiger partial charge in [0.05, 0.1) is 5.69 Å². The maximum absolute atomic E-state index is 13.4. The van der Waals surface area contributed by atoms with Crippen molar-refractivity contribution in [3.05, 3.63) is 53.7 Å². The summed E-state index contributed by atoms with van der Waals surface area (Å²) in [5, 5.41) is 4.13. The first-order valence-electron chi connectivity index (χ1n) is 9.01. The van der Waals surface area contributed by atoms with E-state index in [1.807, 2.05) is 0 Å². The van der Waals surface area contributed by atoms with E-state index in [1.165, 1.54) is 35.8 Å². The van der Waals surface area contributed by atoms with E-state index >= 15 is 0 Å². The molecule has 11 heteroatoms. The molecule has 154 valence electrons. The van der Waals surface area contributed by atoms with Crippen molar-refractivity contribution in [2.45, 2.75) is 36.8 Å². The summed E-state index contributed by atoms with van der Waals surface area (Å²) in [5.74, 6) is -0.321. The molecule has 0 saturated carbocycles. The van der Waals surface area contributed by atoms with Gasteiger partial charge in [0.25, 0.3) is 0 Å². The minimum Gasteiger partial charge on any atom is -0.263 e. The Morgan fingerprint density at radius 3 is 2.72 bits per heavy atom. The Balaban J connectivity index is 1.68. The van der Waals surface area contributed by atoms with E-state index in [0.717, 1.165) is 10.6 Å². The molecule has 0 spiro atoms. The fourth-order valence-electron chi connectivity index (χ4n) is 3.57. The standard InChI is InChI=1S/C18H18F3N5O2S/c1-12-8-16(18(19,20)21)26-17(23-12)9-15(24-26)13-4-3-7-25(11-13)29(27,28)14-5-2-6-22-10-14/h2,5-6,8-10,13H,3-4,7,11H2,1H3/t13-/m0/s1. The van der Waals surface area contributed by atoms with Gasteiger partial charge >= 0.3 is 6.18 Å². The number of piperidine rings is 1. The van der Waals surface area contributed by atoms with Gasteiger partial charge in [-0.15, -0.1) is 0 Å². The predicted octanol–water partition coefficient (Wildman–Crippen LogP) is 3.02. The van der Waals surface area contributed by atoms with Crippen LogP contribution in [0.4, 0.5) is 13.2 Å². The van der Waals surface area contributed by atoms with E-state index in [-0.39, 0.29) is 28.7 Å². The smallest absolute Gasteiger partial charge is 0.263 e. The van der Waals surface area contributed by atoms with Crippen LogP contribution < -0.4 is 0 Å². The molecule has 1 aliphatic rings. The van der Waals surface area contributed by atoms with Crippen LogP contribution in [-0.4, -0.2) is 45.4 Å². The molecule has 0 bridgehead atoms. The minimum atomic E-state index is -4.57. The topological polar surface area (TPSA) is 80.5 Å².